The zero-order valence-electron chi connectivity index (χ0n) is 8.84. The number of hydrogen-bond donors (Lipinski definition) is 1. The summed E-state index contributed by atoms with van der Waals surface area (Å²) >= 11 is 6.05. The minimum Gasteiger partial charge on any atom is -0.398 e. The van der Waals surface area contributed by atoms with Crippen molar-refractivity contribution in [3.63, 3.8) is 0 Å². The number of rotatable bonds is 1. The Balaban J connectivity index is 2.86. The number of aryl methyl sites for hydroxylation is 2. The van der Waals surface area contributed by atoms with Crippen LogP contribution in [-0.2, 0) is 6.42 Å². The highest BCUT2D eigenvalue weighted by Crippen LogP contribution is 2.28. The first-order chi connectivity index (χ1) is 7.13. The van der Waals surface area contributed by atoms with Crippen LogP contribution in [0.25, 0.3) is 10.9 Å². The molecule has 1 aromatic heterocycles. The van der Waals surface area contributed by atoms with Crippen molar-refractivity contribution < 1.29 is 0 Å². The van der Waals surface area contributed by atoms with Crippen molar-refractivity contribution in [2.24, 2.45) is 0 Å². The number of aromatic nitrogens is 1. The number of nitrogen functional groups attached to an aromatic ring is 1. The fourth-order valence-electron chi connectivity index (χ4n) is 1.67. The van der Waals surface area contributed by atoms with Crippen molar-refractivity contribution in [1.82, 2.24) is 4.98 Å². The highest BCUT2D eigenvalue weighted by Gasteiger charge is 2.07. The lowest BCUT2D eigenvalue weighted by Gasteiger charge is -2.08. The summed E-state index contributed by atoms with van der Waals surface area (Å²) in [6.45, 7) is 4.03. The molecule has 0 aliphatic rings. The number of nitrogens with two attached hydrogens (primary N) is 1. The molecule has 2 rings (SSSR count). The monoisotopic (exact) mass is 220 g/mol. The molecular formula is C12H13ClN2. The van der Waals surface area contributed by atoms with Gasteiger partial charge in [0.05, 0.1) is 5.52 Å². The number of nitrogens with zero attached hydrogens (tertiary/aromatic N) is 1. The van der Waals surface area contributed by atoms with Crippen molar-refractivity contribution in [1.29, 1.82) is 0 Å². The van der Waals surface area contributed by atoms with Crippen LogP contribution in [0, 0.1) is 6.92 Å². The fourth-order valence-corrected chi connectivity index (χ4v) is 1.82. The quantitative estimate of drug-likeness (QED) is 0.801. The van der Waals surface area contributed by atoms with Gasteiger partial charge in [-0.1, -0.05) is 18.5 Å². The Bertz CT molecular complexity index is 521. The third-order valence-corrected chi connectivity index (χ3v) is 3.03. The normalized spacial score (nSPS) is 10.9. The molecule has 15 heavy (non-hydrogen) atoms. The molecule has 0 aliphatic carbocycles. The predicted molar refractivity (Wildman–Crippen MR) is 65.3 cm³/mol. The maximum atomic E-state index is 6.05. The van der Waals surface area contributed by atoms with E-state index in [4.69, 9.17) is 17.3 Å². The predicted octanol–water partition coefficient (Wildman–Crippen LogP) is 3.34. The first kappa shape index (κ1) is 10.2. The van der Waals surface area contributed by atoms with E-state index >= 15 is 0 Å². The summed E-state index contributed by atoms with van der Waals surface area (Å²) in [5.74, 6) is 0. The van der Waals surface area contributed by atoms with Crippen molar-refractivity contribution in [2.45, 2.75) is 20.3 Å². The summed E-state index contributed by atoms with van der Waals surface area (Å²) in [7, 11) is 0. The van der Waals surface area contributed by atoms with Gasteiger partial charge in [-0.05, 0) is 37.1 Å². The summed E-state index contributed by atoms with van der Waals surface area (Å²) < 4.78 is 0. The molecule has 2 N–H and O–H groups in total. The molecule has 0 atom stereocenters. The van der Waals surface area contributed by atoms with Crippen molar-refractivity contribution in [2.75, 3.05) is 5.73 Å². The molecule has 0 aliphatic heterocycles. The van der Waals surface area contributed by atoms with Crippen LogP contribution in [-0.4, -0.2) is 4.98 Å². The molecule has 2 aromatic rings. The van der Waals surface area contributed by atoms with Gasteiger partial charge in [-0.15, -0.1) is 0 Å². The maximum Gasteiger partial charge on any atom is 0.0769 e. The Hall–Kier alpha value is -1.28. The van der Waals surface area contributed by atoms with E-state index in [0.29, 0.717) is 0 Å². The number of fused-ring (bicyclic) bond motifs is 1. The molecule has 1 aromatic carbocycles. The van der Waals surface area contributed by atoms with Gasteiger partial charge in [0, 0.05) is 21.8 Å². The third kappa shape index (κ3) is 1.65. The average molecular weight is 221 g/mol. The number of halogens is 1. The number of anilines is 1. The van der Waals surface area contributed by atoms with Crippen LogP contribution in [0.2, 0.25) is 5.02 Å². The second kappa shape index (κ2) is 3.70. The number of pyridine rings is 1. The SMILES string of the molecule is CCc1cc(N)c2ccc(Cl)c(C)c2n1. The Morgan fingerprint density at radius 1 is 1.40 bits per heavy atom. The summed E-state index contributed by atoms with van der Waals surface area (Å²) in [4.78, 5) is 4.55. The van der Waals surface area contributed by atoms with Crippen molar-refractivity contribution in [3.05, 3.63) is 34.5 Å². The van der Waals surface area contributed by atoms with Gasteiger partial charge in [0.2, 0.25) is 0 Å². The molecule has 2 nitrogen and oxygen atoms in total. The molecule has 3 heteroatoms. The van der Waals surface area contributed by atoms with Gasteiger partial charge in [-0.25, -0.2) is 0 Å². The standard InChI is InChI=1S/C12H13ClN2/c1-3-8-6-11(14)9-4-5-10(13)7(2)12(9)15-8/h4-6H,3H2,1-2H3,(H2,14,15). The summed E-state index contributed by atoms with van der Waals surface area (Å²) in [6, 6.07) is 5.71. The van der Waals surface area contributed by atoms with Gasteiger partial charge >= 0.3 is 0 Å². The van der Waals surface area contributed by atoms with E-state index in [1.54, 1.807) is 0 Å². The van der Waals surface area contributed by atoms with E-state index < -0.39 is 0 Å². The minimum absolute atomic E-state index is 0.739. The molecule has 1 heterocycles. The summed E-state index contributed by atoms with van der Waals surface area (Å²) in [6.07, 6.45) is 0.881. The van der Waals surface area contributed by atoms with Crippen LogP contribution in [0.4, 0.5) is 5.69 Å². The van der Waals surface area contributed by atoms with Gasteiger partial charge in [-0.2, -0.15) is 0 Å². The smallest absolute Gasteiger partial charge is 0.0769 e. The van der Waals surface area contributed by atoms with E-state index in [9.17, 15) is 0 Å². The molecule has 0 bridgehead atoms. The molecule has 0 amide bonds. The first-order valence-electron chi connectivity index (χ1n) is 4.97. The summed E-state index contributed by atoms with van der Waals surface area (Å²) in [5, 5.41) is 1.72. The molecular weight excluding hydrogens is 208 g/mol. The van der Waals surface area contributed by atoms with Gasteiger partial charge < -0.3 is 5.73 Å². The van der Waals surface area contributed by atoms with Gasteiger partial charge in [0.15, 0.2) is 0 Å². The molecule has 0 saturated carbocycles. The Labute approximate surface area is 94.1 Å². The van der Waals surface area contributed by atoms with E-state index in [0.717, 1.165) is 39.3 Å². The van der Waals surface area contributed by atoms with Crippen molar-refractivity contribution in [3.8, 4) is 0 Å². The van der Waals surface area contributed by atoms with Crippen LogP contribution in [0.15, 0.2) is 18.2 Å². The molecule has 0 unspecified atom stereocenters. The van der Waals surface area contributed by atoms with Crippen LogP contribution in [0.1, 0.15) is 18.2 Å². The van der Waals surface area contributed by atoms with Crippen LogP contribution in [0.3, 0.4) is 0 Å². The third-order valence-electron chi connectivity index (χ3n) is 2.62. The Morgan fingerprint density at radius 3 is 2.80 bits per heavy atom. The van der Waals surface area contributed by atoms with E-state index in [1.165, 1.54) is 0 Å². The van der Waals surface area contributed by atoms with E-state index in [2.05, 4.69) is 11.9 Å². The van der Waals surface area contributed by atoms with E-state index in [-0.39, 0.29) is 0 Å². The molecule has 78 valence electrons. The molecule has 0 radical (unpaired) electrons. The lowest BCUT2D eigenvalue weighted by Crippen LogP contribution is -1.96. The maximum absolute atomic E-state index is 6.05. The Kier molecular flexibility index (Phi) is 2.53. The highest BCUT2D eigenvalue weighted by atomic mass is 35.5. The van der Waals surface area contributed by atoms with Crippen LogP contribution >= 0.6 is 11.6 Å². The zero-order chi connectivity index (χ0) is 11.0. The second-order valence-electron chi connectivity index (χ2n) is 3.62. The fraction of sp³-hybridized carbons (Fsp3) is 0.250. The van der Waals surface area contributed by atoms with Gasteiger partial charge in [-0.3, -0.25) is 4.98 Å². The van der Waals surface area contributed by atoms with Gasteiger partial charge in [0.25, 0.3) is 0 Å². The Morgan fingerprint density at radius 2 is 2.13 bits per heavy atom. The average Bonchev–Trinajstić information content (AvgIpc) is 2.23. The second-order valence-corrected chi connectivity index (χ2v) is 4.03. The minimum atomic E-state index is 0.739. The van der Waals surface area contributed by atoms with Crippen LogP contribution < -0.4 is 5.73 Å². The first-order valence-corrected chi connectivity index (χ1v) is 5.35. The van der Waals surface area contributed by atoms with Gasteiger partial charge in [0.1, 0.15) is 0 Å². The molecule has 0 saturated heterocycles. The highest BCUT2D eigenvalue weighted by molar-refractivity contribution is 6.32. The largest absolute Gasteiger partial charge is 0.398 e. The number of hydrogen-bond acceptors (Lipinski definition) is 2. The lowest BCUT2D eigenvalue weighted by molar-refractivity contribution is 1.06. The molecule has 0 fully saturated rings. The number of benzene rings is 1. The zero-order valence-corrected chi connectivity index (χ0v) is 9.60. The lowest BCUT2D eigenvalue weighted by atomic mass is 10.1. The topological polar surface area (TPSA) is 38.9 Å². The molecule has 0 spiro atoms. The van der Waals surface area contributed by atoms with E-state index in [1.807, 2.05) is 25.1 Å². The van der Waals surface area contributed by atoms with Crippen molar-refractivity contribution >= 4 is 28.2 Å². The van der Waals surface area contributed by atoms with Crippen LogP contribution in [0.5, 0.6) is 0 Å². The summed E-state index contributed by atoms with van der Waals surface area (Å²) in [5.41, 5.74) is 9.66.